The lowest BCUT2D eigenvalue weighted by Crippen LogP contribution is -2.34. The minimum atomic E-state index is -2.61. The molecule has 0 aliphatic carbocycles. The van der Waals surface area contributed by atoms with Crippen LogP contribution in [-0.2, 0) is 18.8 Å². The molecule has 11 nitrogen and oxygen atoms in total. The van der Waals surface area contributed by atoms with E-state index >= 15 is 4.39 Å². The number of rotatable bonds is 6. The molecule has 4 rings (SSSR count). The number of esters is 1. The van der Waals surface area contributed by atoms with Crippen LogP contribution in [0, 0.1) is 0 Å². The fraction of sp³-hybridized carbons (Fsp3) is 0.389. The smallest absolute Gasteiger partial charge is 0.338 e. The van der Waals surface area contributed by atoms with Crippen molar-refractivity contribution in [3.05, 3.63) is 42.2 Å². The summed E-state index contributed by atoms with van der Waals surface area (Å²) in [6, 6.07) is 8.13. The lowest BCUT2D eigenvalue weighted by molar-refractivity contribution is -0.158. The fourth-order valence-corrected chi connectivity index (χ4v) is 3.53. The van der Waals surface area contributed by atoms with Gasteiger partial charge in [-0.05, 0) is 25.5 Å². The van der Waals surface area contributed by atoms with Crippen molar-refractivity contribution in [2.24, 2.45) is 0 Å². The molecule has 31 heavy (non-hydrogen) atoms. The second-order valence-electron chi connectivity index (χ2n) is 7.41. The third kappa shape index (κ3) is 4.41. The number of carbonyl (C=O) groups is 1. The van der Waals surface area contributed by atoms with Gasteiger partial charge in [0.2, 0.25) is 0 Å². The number of alkyl halides is 1. The molecule has 2 N–H and O–H groups in total. The molecular formula is C18H20FN6O5P. The Morgan fingerprint density at radius 1 is 1.29 bits per heavy atom. The monoisotopic (exact) mass is 450 g/mol. The molecule has 13 heteroatoms. The van der Waals surface area contributed by atoms with Crippen LogP contribution in [-0.4, -0.2) is 69.2 Å². The Bertz CT molecular complexity index is 1140. The zero-order valence-corrected chi connectivity index (χ0v) is 17.6. The molecule has 1 aromatic carbocycles. The van der Waals surface area contributed by atoms with Gasteiger partial charge in [-0.25, -0.2) is 19.2 Å². The summed E-state index contributed by atoms with van der Waals surface area (Å²) in [4.78, 5) is 20.5. The van der Waals surface area contributed by atoms with E-state index in [1.807, 2.05) is 0 Å². The van der Waals surface area contributed by atoms with Gasteiger partial charge in [-0.2, -0.15) is 4.68 Å². The molecule has 2 aromatic heterocycles. The summed E-state index contributed by atoms with van der Waals surface area (Å²) in [6.07, 6.45) is -5.03. The van der Waals surface area contributed by atoms with Gasteiger partial charge in [0.1, 0.15) is 19.8 Å². The Balaban J connectivity index is 1.66. The predicted octanol–water partition coefficient (Wildman–Crippen LogP) is 1.82. The highest BCUT2D eigenvalue weighted by Crippen LogP contribution is 2.40. The number of ether oxygens (including phenoxy) is 3. The van der Waals surface area contributed by atoms with E-state index in [1.54, 1.807) is 18.2 Å². The molecule has 0 amide bonds. The SMILES string of the molecule is CP(C)(=O)CO[C@H]1O[C@@H](n2nnc3c(N)ncnc32)[C@H](OC(=O)c2ccccc2)[C@@H]1F. The number of halogens is 1. The van der Waals surface area contributed by atoms with Crippen LogP contribution < -0.4 is 5.73 Å². The van der Waals surface area contributed by atoms with Gasteiger partial charge in [-0.1, -0.05) is 23.4 Å². The predicted molar refractivity (Wildman–Crippen MR) is 107 cm³/mol. The molecule has 164 valence electrons. The Hall–Kier alpha value is -2.95. The van der Waals surface area contributed by atoms with Crippen LogP contribution in [0.5, 0.6) is 0 Å². The van der Waals surface area contributed by atoms with E-state index in [4.69, 9.17) is 19.9 Å². The Labute approximate surface area is 176 Å². The third-order valence-corrected chi connectivity index (χ3v) is 5.23. The first-order valence-corrected chi connectivity index (χ1v) is 12.1. The summed E-state index contributed by atoms with van der Waals surface area (Å²) in [7, 11) is -2.61. The van der Waals surface area contributed by atoms with Gasteiger partial charge in [0.25, 0.3) is 0 Å². The maximum Gasteiger partial charge on any atom is 0.338 e. The standard InChI is InChI=1S/C18H20FN6O5P/c1-31(2,27)9-28-18-11(19)13(29-17(26)10-6-4-3-5-7-10)16(30-18)25-15-12(23-24-25)14(20)21-8-22-15/h3-8,11,13,16,18H,9H2,1-2H3,(H2,20,21,22)/t11-,13+,16+,18-/m0/s1. The second kappa shape index (κ2) is 8.29. The summed E-state index contributed by atoms with van der Waals surface area (Å²) in [6.45, 7) is 3.01. The normalized spacial score (nSPS) is 23.8. The molecule has 1 fully saturated rings. The van der Waals surface area contributed by atoms with Gasteiger partial charge in [-0.15, -0.1) is 5.10 Å². The first-order valence-electron chi connectivity index (χ1n) is 9.27. The first-order chi connectivity index (χ1) is 14.7. The molecule has 3 heterocycles. The number of anilines is 1. The molecule has 1 aliphatic heterocycles. The van der Waals surface area contributed by atoms with Crippen LogP contribution in [0.2, 0.25) is 0 Å². The van der Waals surface area contributed by atoms with Crippen molar-refractivity contribution in [1.82, 2.24) is 25.0 Å². The number of nitrogens with two attached hydrogens (primary N) is 1. The number of benzene rings is 1. The van der Waals surface area contributed by atoms with Crippen LogP contribution in [0.25, 0.3) is 11.2 Å². The highest BCUT2D eigenvalue weighted by molar-refractivity contribution is 7.62. The van der Waals surface area contributed by atoms with Gasteiger partial charge < -0.3 is 24.5 Å². The van der Waals surface area contributed by atoms with E-state index in [2.05, 4.69) is 20.3 Å². The van der Waals surface area contributed by atoms with Gasteiger partial charge >= 0.3 is 5.97 Å². The minimum absolute atomic E-state index is 0.0783. The fourth-order valence-electron chi connectivity index (χ4n) is 3.03. The van der Waals surface area contributed by atoms with Gasteiger partial charge in [0.15, 0.2) is 41.8 Å². The molecule has 1 saturated heterocycles. The number of aromatic nitrogens is 5. The molecule has 3 aromatic rings. The van der Waals surface area contributed by atoms with Crippen LogP contribution >= 0.6 is 7.14 Å². The van der Waals surface area contributed by atoms with Crippen molar-refractivity contribution < 1.29 is 28.0 Å². The van der Waals surface area contributed by atoms with Crippen molar-refractivity contribution >= 4 is 30.1 Å². The number of hydrogen-bond acceptors (Lipinski definition) is 10. The van der Waals surface area contributed by atoms with E-state index in [0.717, 1.165) is 4.68 Å². The molecule has 0 bridgehead atoms. The van der Waals surface area contributed by atoms with Gasteiger partial charge in [0.05, 0.1) is 5.56 Å². The summed E-state index contributed by atoms with van der Waals surface area (Å²) in [5.74, 6) is -0.674. The summed E-state index contributed by atoms with van der Waals surface area (Å²) in [5.41, 5.74) is 6.38. The topological polar surface area (TPSA) is 144 Å². The highest BCUT2D eigenvalue weighted by Gasteiger charge is 2.51. The Kier molecular flexibility index (Phi) is 5.69. The summed E-state index contributed by atoms with van der Waals surface area (Å²) < 4.78 is 44.9. The molecule has 0 spiro atoms. The average Bonchev–Trinajstić information content (AvgIpc) is 3.29. The molecule has 0 unspecified atom stereocenters. The maximum absolute atomic E-state index is 15.3. The zero-order chi connectivity index (χ0) is 22.2. The van der Waals surface area contributed by atoms with Crippen molar-refractivity contribution in [3.63, 3.8) is 0 Å². The highest BCUT2D eigenvalue weighted by atomic mass is 31.2. The van der Waals surface area contributed by atoms with Crippen LogP contribution in [0.15, 0.2) is 36.7 Å². The number of fused-ring (bicyclic) bond motifs is 1. The molecule has 0 saturated carbocycles. The van der Waals surface area contributed by atoms with E-state index in [1.165, 1.54) is 31.8 Å². The van der Waals surface area contributed by atoms with Crippen LogP contribution in [0.1, 0.15) is 16.6 Å². The largest absolute Gasteiger partial charge is 0.451 e. The molecule has 1 aliphatic rings. The average molecular weight is 450 g/mol. The number of carbonyl (C=O) groups excluding carboxylic acids is 1. The lowest BCUT2D eigenvalue weighted by Gasteiger charge is -2.19. The zero-order valence-electron chi connectivity index (χ0n) is 16.7. The van der Waals surface area contributed by atoms with Gasteiger partial charge in [-0.3, -0.25) is 0 Å². The van der Waals surface area contributed by atoms with Crippen molar-refractivity contribution in [2.45, 2.75) is 24.8 Å². The minimum Gasteiger partial charge on any atom is -0.451 e. The summed E-state index contributed by atoms with van der Waals surface area (Å²) >= 11 is 0. The van der Waals surface area contributed by atoms with E-state index in [0.29, 0.717) is 0 Å². The van der Waals surface area contributed by atoms with E-state index in [-0.39, 0.29) is 28.9 Å². The van der Waals surface area contributed by atoms with Crippen LogP contribution in [0.4, 0.5) is 10.2 Å². The second-order valence-corrected chi connectivity index (χ2v) is 10.8. The third-order valence-electron chi connectivity index (χ3n) is 4.46. The first kappa shape index (κ1) is 21.3. The summed E-state index contributed by atoms with van der Waals surface area (Å²) in [5, 5.41) is 7.84. The quantitative estimate of drug-likeness (QED) is 0.436. The van der Waals surface area contributed by atoms with Crippen molar-refractivity contribution in [1.29, 1.82) is 0 Å². The maximum atomic E-state index is 15.3. The number of nitrogen functional groups attached to an aromatic ring is 1. The van der Waals surface area contributed by atoms with Crippen LogP contribution in [0.3, 0.4) is 0 Å². The van der Waals surface area contributed by atoms with E-state index in [9.17, 15) is 9.36 Å². The van der Waals surface area contributed by atoms with E-state index < -0.39 is 37.9 Å². The Morgan fingerprint density at radius 2 is 2.03 bits per heavy atom. The molecular weight excluding hydrogens is 430 g/mol. The van der Waals surface area contributed by atoms with Gasteiger partial charge in [0, 0.05) is 0 Å². The van der Waals surface area contributed by atoms with Crippen molar-refractivity contribution in [2.75, 3.05) is 25.4 Å². The van der Waals surface area contributed by atoms with Crippen molar-refractivity contribution in [3.8, 4) is 0 Å². The molecule has 4 atom stereocenters. The molecule has 0 radical (unpaired) electrons. The lowest BCUT2D eigenvalue weighted by atomic mass is 10.2. The number of hydrogen-bond donors (Lipinski definition) is 1. The Morgan fingerprint density at radius 3 is 2.74 bits per heavy atom. The number of nitrogens with zero attached hydrogens (tertiary/aromatic N) is 5.